The molecule has 0 aliphatic heterocycles. The number of nitrogens with one attached hydrogen (secondary N) is 1. The second-order valence-electron chi connectivity index (χ2n) is 4.49. The van der Waals surface area contributed by atoms with Gasteiger partial charge in [0.1, 0.15) is 5.82 Å². The second kappa shape index (κ2) is 5.25. The Balaban J connectivity index is 2.68. The average Bonchev–Trinajstić information content (AvgIpc) is 2.16. The van der Waals surface area contributed by atoms with E-state index in [1.807, 2.05) is 13.8 Å². The molecule has 0 radical (unpaired) electrons. The minimum atomic E-state index is -0.452. The van der Waals surface area contributed by atoms with Crippen LogP contribution in [0.2, 0.25) is 0 Å². The Labute approximate surface area is 104 Å². The summed E-state index contributed by atoms with van der Waals surface area (Å²) in [7, 11) is 0. The highest BCUT2D eigenvalue weighted by Gasteiger charge is 2.23. The molecule has 0 aliphatic carbocycles. The lowest BCUT2D eigenvalue weighted by molar-refractivity contribution is 0.0956. The van der Waals surface area contributed by atoms with Gasteiger partial charge in [0.15, 0.2) is 0 Å². The van der Waals surface area contributed by atoms with Gasteiger partial charge in [0.2, 0.25) is 0 Å². The topological polar surface area (TPSA) is 32.3 Å². The fraction of sp³-hybridized carbons (Fsp3) is 0.500. The SMILES string of the molecule is CC(O)C(C)(C)NCc1ccc(F)cc1Br. The molecule has 90 valence electrons. The molecule has 0 aliphatic rings. The van der Waals surface area contributed by atoms with E-state index in [4.69, 9.17) is 0 Å². The van der Waals surface area contributed by atoms with E-state index in [9.17, 15) is 9.50 Å². The van der Waals surface area contributed by atoms with Crippen LogP contribution in [0.5, 0.6) is 0 Å². The number of hydrogen-bond acceptors (Lipinski definition) is 2. The highest BCUT2D eigenvalue weighted by molar-refractivity contribution is 9.10. The molecule has 16 heavy (non-hydrogen) atoms. The van der Waals surface area contributed by atoms with Gasteiger partial charge in [-0.05, 0) is 38.5 Å². The minimum absolute atomic E-state index is 0.259. The zero-order chi connectivity index (χ0) is 12.3. The third-order valence-corrected chi connectivity index (χ3v) is 3.53. The first-order chi connectivity index (χ1) is 7.33. The van der Waals surface area contributed by atoms with Gasteiger partial charge in [-0.1, -0.05) is 22.0 Å². The van der Waals surface area contributed by atoms with Gasteiger partial charge in [-0.25, -0.2) is 4.39 Å². The van der Waals surface area contributed by atoms with E-state index in [2.05, 4.69) is 21.2 Å². The van der Waals surface area contributed by atoms with Gasteiger partial charge in [0.05, 0.1) is 6.10 Å². The molecule has 0 bridgehead atoms. The van der Waals surface area contributed by atoms with Crippen molar-refractivity contribution in [3.05, 3.63) is 34.1 Å². The molecule has 1 unspecified atom stereocenters. The predicted octanol–water partition coefficient (Wildman–Crippen LogP) is 2.84. The third kappa shape index (κ3) is 3.54. The Bertz CT molecular complexity index is 366. The van der Waals surface area contributed by atoms with Crippen molar-refractivity contribution in [3.63, 3.8) is 0 Å². The Morgan fingerprint density at radius 1 is 1.50 bits per heavy atom. The molecular weight excluding hydrogens is 273 g/mol. The first-order valence-corrected chi connectivity index (χ1v) is 5.99. The van der Waals surface area contributed by atoms with Crippen molar-refractivity contribution in [2.75, 3.05) is 0 Å². The van der Waals surface area contributed by atoms with Crippen LogP contribution >= 0.6 is 15.9 Å². The Morgan fingerprint density at radius 3 is 2.62 bits per heavy atom. The van der Waals surface area contributed by atoms with Crippen LogP contribution in [0.4, 0.5) is 4.39 Å². The molecule has 0 aromatic heterocycles. The van der Waals surface area contributed by atoms with Crippen molar-refractivity contribution in [2.24, 2.45) is 0 Å². The van der Waals surface area contributed by atoms with Crippen LogP contribution in [-0.4, -0.2) is 16.7 Å². The number of rotatable bonds is 4. The molecule has 1 rings (SSSR count). The van der Waals surface area contributed by atoms with Crippen molar-refractivity contribution in [2.45, 2.75) is 39.0 Å². The van der Waals surface area contributed by atoms with Crippen molar-refractivity contribution in [1.82, 2.24) is 5.32 Å². The molecule has 0 amide bonds. The maximum Gasteiger partial charge on any atom is 0.124 e. The molecule has 1 atom stereocenters. The maximum atomic E-state index is 12.9. The Hall–Kier alpha value is -0.450. The molecular formula is C12H17BrFNO. The van der Waals surface area contributed by atoms with E-state index in [1.54, 1.807) is 13.0 Å². The van der Waals surface area contributed by atoms with Crippen LogP contribution in [-0.2, 0) is 6.54 Å². The van der Waals surface area contributed by atoms with Gasteiger partial charge in [-0.3, -0.25) is 0 Å². The zero-order valence-electron chi connectivity index (χ0n) is 9.72. The molecule has 0 saturated carbocycles. The van der Waals surface area contributed by atoms with Crippen LogP contribution in [0, 0.1) is 5.82 Å². The smallest absolute Gasteiger partial charge is 0.124 e. The Morgan fingerprint density at radius 2 is 2.12 bits per heavy atom. The molecule has 1 aromatic carbocycles. The summed E-state index contributed by atoms with van der Waals surface area (Å²) >= 11 is 3.31. The predicted molar refractivity (Wildman–Crippen MR) is 66.7 cm³/mol. The molecule has 1 aromatic rings. The average molecular weight is 290 g/mol. The van der Waals surface area contributed by atoms with Crippen molar-refractivity contribution in [3.8, 4) is 0 Å². The van der Waals surface area contributed by atoms with Crippen LogP contribution in [0.1, 0.15) is 26.3 Å². The maximum absolute atomic E-state index is 12.9. The summed E-state index contributed by atoms with van der Waals surface area (Å²) in [5.74, 6) is -0.259. The first-order valence-electron chi connectivity index (χ1n) is 5.20. The fourth-order valence-electron chi connectivity index (χ4n) is 1.14. The third-order valence-electron chi connectivity index (χ3n) is 2.79. The summed E-state index contributed by atoms with van der Waals surface area (Å²) < 4.78 is 13.6. The van der Waals surface area contributed by atoms with Crippen LogP contribution in [0.15, 0.2) is 22.7 Å². The van der Waals surface area contributed by atoms with E-state index in [-0.39, 0.29) is 11.4 Å². The summed E-state index contributed by atoms with van der Waals surface area (Å²) in [6.45, 7) is 6.18. The van der Waals surface area contributed by atoms with E-state index in [0.29, 0.717) is 6.54 Å². The number of aliphatic hydroxyl groups is 1. The van der Waals surface area contributed by atoms with Crippen molar-refractivity contribution < 1.29 is 9.50 Å². The lowest BCUT2D eigenvalue weighted by atomic mass is 9.98. The fourth-order valence-corrected chi connectivity index (χ4v) is 1.63. The summed E-state index contributed by atoms with van der Waals surface area (Å²) in [4.78, 5) is 0. The highest BCUT2D eigenvalue weighted by Crippen LogP contribution is 2.19. The molecule has 2 nitrogen and oxygen atoms in total. The van der Waals surface area contributed by atoms with E-state index in [1.165, 1.54) is 12.1 Å². The monoisotopic (exact) mass is 289 g/mol. The van der Waals surface area contributed by atoms with Gasteiger partial charge in [-0.2, -0.15) is 0 Å². The van der Waals surface area contributed by atoms with Crippen molar-refractivity contribution in [1.29, 1.82) is 0 Å². The lowest BCUT2D eigenvalue weighted by Gasteiger charge is -2.29. The Kier molecular flexibility index (Phi) is 4.47. The summed E-state index contributed by atoms with van der Waals surface area (Å²) in [6.07, 6.45) is -0.452. The first kappa shape index (κ1) is 13.6. The molecule has 4 heteroatoms. The number of hydrogen-bond donors (Lipinski definition) is 2. The zero-order valence-corrected chi connectivity index (χ0v) is 11.3. The standard InChI is InChI=1S/C12H17BrFNO/c1-8(16)12(2,3)15-7-9-4-5-10(14)6-11(9)13/h4-6,8,15-16H,7H2,1-3H3. The summed E-state index contributed by atoms with van der Waals surface area (Å²) in [5, 5.41) is 12.8. The second-order valence-corrected chi connectivity index (χ2v) is 5.34. The van der Waals surface area contributed by atoms with Crippen molar-refractivity contribution >= 4 is 15.9 Å². The quantitative estimate of drug-likeness (QED) is 0.893. The summed E-state index contributed by atoms with van der Waals surface area (Å²) in [6, 6.07) is 4.59. The van der Waals surface area contributed by atoms with Crippen LogP contribution in [0.25, 0.3) is 0 Å². The lowest BCUT2D eigenvalue weighted by Crippen LogP contribution is -2.47. The summed E-state index contributed by atoms with van der Waals surface area (Å²) in [5.41, 5.74) is 0.600. The minimum Gasteiger partial charge on any atom is -0.392 e. The largest absolute Gasteiger partial charge is 0.392 e. The number of aliphatic hydroxyl groups excluding tert-OH is 1. The molecule has 0 spiro atoms. The van der Waals surface area contributed by atoms with Gasteiger partial charge in [0.25, 0.3) is 0 Å². The normalized spacial score (nSPS) is 13.9. The van der Waals surface area contributed by atoms with Crippen LogP contribution in [0.3, 0.4) is 0 Å². The van der Waals surface area contributed by atoms with Gasteiger partial charge >= 0.3 is 0 Å². The van der Waals surface area contributed by atoms with Gasteiger partial charge in [0, 0.05) is 16.6 Å². The van der Waals surface area contributed by atoms with Crippen LogP contribution < -0.4 is 5.32 Å². The molecule has 0 heterocycles. The van der Waals surface area contributed by atoms with E-state index in [0.717, 1.165) is 10.0 Å². The highest BCUT2D eigenvalue weighted by atomic mass is 79.9. The van der Waals surface area contributed by atoms with Gasteiger partial charge < -0.3 is 10.4 Å². The molecule has 0 saturated heterocycles. The molecule has 0 fully saturated rings. The number of benzene rings is 1. The van der Waals surface area contributed by atoms with E-state index >= 15 is 0 Å². The number of halogens is 2. The molecule has 2 N–H and O–H groups in total. The van der Waals surface area contributed by atoms with E-state index < -0.39 is 6.10 Å². The van der Waals surface area contributed by atoms with Gasteiger partial charge in [-0.15, -0.1) is 0 Å².